The number of unbranched alkanes of at least 4 members (excludes halogenated alkanes) is 1. The molecular formula is C26H42O. The molecule has 1 fully saturated rings. The van der Waals surface area contributed by atoms with Crippen molar-refractivity contribution in [2.24, 2.45) is 5.92 Å². The minimum Gasteiger partial charge on any atom is -0.493 e. The monoisotopic (exact) mass is 370 g/mol. The number of hydrogen-bond acceptors (Lipinski definition) is 1. The van der Waals surface area contributed by atoms with E-state index in [9.17, 15) is 0 Å². The van der Waals surface area contributed by atoms with Crippen LogP contribution in [0.5, 0.6) is 5.75 Å². The molecule has 1 nitrogen and oxygen atoms in total. The van der Waals surface area contributed by atoms with Crippen molar-refractivity contribution in [2.75, 3.05) is 6.61 Å². The molecule has 0 radical (unpaired) electrons. The third-order valence-electron chi connectivity index (χ3n) is 5.13. The summed E-state index contributed by atoms with van der Waals surface area (Å²) in [7, 11) is 0. The van der Waals surface area contributed by atoms with E-state index < -0.39 is 0 Å². The molecule has 2 aliphatic rings. The molecule has 0 saturated heterocycles. The van der Waals surface area contributed by atoms with Crippen molar-refractivity contribution in [3.8, 4) is 5.75 Å². The fraction of sp³-hybridized carbons (Fsp3) is 0.615. The summed E-state index contributed by atoms with van der Waals surface area (Å²) in [6.45, 7) is 13.5. The number of ether oxygens (including phenoxy) is 1. The van der Waals surface area contributed by atoms with Gasteiger partial charge in [-0.15, -0.1) is 0 Å². The SMILES string of the molecule is CC.CCC.CCCCOc1ccc(C2CCC(C3=CCC=C3)C2)cc1C. The largest absolute Gasteiger partial charge is 0.493 e. The van der Waals surface area contributed by atoms with Crippen LogP contribution in [0.3, 0.4) is 0 Å². The van der Waals surface area contributed by atoms with Crippen LogP contribution in [0, 0.1) is 12.8 Å². The first-order valence-corrected chi connectivity index (χ1v) is 11.3. The Hall–Kier alpha value is -1.50. The molecule has 2 unspecified atom stereocenters. The Labute approximate surface area is 168 Å². The maximum Gasteiger partial charge on any atom is 0.122 e. The summed E-state index contributed by atoms with van der Waals surface area (Å²) in [6, 6.07) is 6.83. The Bertz CT molecular complexity index is 582. The van der Waals surface area contributed by atoms with Gasteiger partial charge in [-0.2, -0.15) is 0 Å². The molecule has 1 aromatic rings. The van der Waals surface area contributed by atoms with Gasteiger partial charge in [-0.25, -0.2) is 0 Å². The van der Waals surface area contributed by atoms with Gasteiger partial charge in [0, 0.05) is 0 Å². The third-order valence-corrected chi connectivity index (χ3v) is 5.13. The molecule has 2 atom stereocenters. The lowest BCUT2D eigenvalue weighted by Crippen LogP contribution is -2.01. The van der Waals surface area contributed by atoms with Crippen molar-refractivity contribution in [1.82, 2.24) is 0 Å². The van der Waals surface area contributed by atoms with Gasteiger partial charge in [0.1, 0.15) is 5.75 Å². The van der Waals surface area contributed by atoms with Crippen molar-refractivity contribution in [1.29, 1.82) is 0 Å². The lowest BCUT2D eigenvalue weighted by Gasteiger charge is -2.15. The van der Waals surface area contributed by atoms with Crippen LogP contribution in [0.1, 0.15) is 96.6 Å². The van der Waals surface area contributed by atoms with E-state index in [4.69, 9.17) is 4.74 Å². The van der Waals surface area contributed by atoms with Crippen LogP contribution in [0.15, 0.2) is 42.0 Å². The normalized spacial score (nSPS) is 20.3. The summed E-state index contributed by atoms with van der Waals surface area (Å²) in [5.74, 6) is 2.57. The molecule has 1 heteroatoms. The third kappa shape index (κ3) is 7.56. The Kier molecular flexibility index (Phi) is 11.9. The quantitative estimate of drug-likeness (QED) is 0.457. The molecule has 1 saturated carbocycles. The first kappa shape index (κ1) is 23.5. The fourth-order valence-corrected chi connectivity index (χ4v) is 3.78. The zero-order valence-electron chi connectivity index (χ0n) is 18.7. The highest BCUT2D eigenvalue weighted by atomic mass is 16.5. The number of benzene rings is 1. The molecule has 3 rings (SSSR count). The van der Waals surface area contributed by atoms with Gasteiger partial charge in [-0.3, -0.25) is 0 Å². The topological polar surface area (TPSA) is 9.23 Å². The number of allylic oxidation sites excluding steroid dienone is 4. The minimum atomic E-state index is 0.725. The molecular weight excluding hydrogens is 328 g/mol. The molecule has 152 valence electrons. The first-order valence-electron chi connectivity index (χ1n) is 11.3. The van der Waals surface area contributed by atoms with E-state index >= 15 is 0 Å². The van der Waals surface area contributed by atoms with Gasteiger partial charge in [-0.05, 0) is 73.6 Å². The van der Waals surface area contributed by atoms with E-state index in [2.05, 4.69) is 64.1 Å². The van der Waals surface area contributed by atoms with Crippen LogP contribution in [0.25, 0.3) is 0 Å². The summed E-state index contributed by atoms with van der Waals surface area (Å²) >= 11 is 0. The molecule has 0 aliphatic heterocycles. The first-order chi connectivity index (χ1) is 13.2. The molecule has 0 aromatic heterocycles. The van der Waals surface area contributed by atoms with E-state index in [0.717, 1.165) is 37.0 Å². The Balaban J connectivity index is 0.000000665. The standard InChI is InChI=1S/C21H28O.C3H8.C2H6/c1-3-4-13-22-21-12-11-18(14-16(21)2)20-10-9-19(15-20)17-7-5-6-8-17;1-3-2;1-2/h5,7-8,11-12,14,19-20H,3-4,6,9-10,13,15H2,1-2H3;3H2,1-2H3;1-2H3. The number of hydrogen-bond donors (Lipinski definition) is 0. The van der Waals surface area contributed by atoms with Gasteiger partial charge in [0.05, 0.1) is 6.61 Å². The van der Waals surface area contributed by atoms with Crippen molar-refractivity contribution in [3.63, 3.8) is 0 Å². The van der Waals surface area contributed by atoms with Crippen LogP contribution in [-0.2, 0) is 0 Å². The zero-order valence-corrected chi connectivity index (χ0v) is 18.7. The zero-order chi connectivity index (χ0) is 20.1. The van der Waals surface area contributed by atoms with Gasteiger partial charge >= 0.3 is 0 Å². The molecule has 0 N–H and O–H groups in total. The van der Waals surface area contributed by atoms with Gasteiger partial charge in [0.25, 0.3) is 0 Å². The second-order valence-corrected chi connectivity index (χ2v) is 7.48. The average molecular weight is 371 g/mol. The lowest BCUT2D eigenvalue weighted by atomic mass is 9.92. The van der Waals surface area contributed by atoms with E-state index in [1.54, 1.807) is 5.57 Å². The summed E-state index contributed by atoms with van der Waals surface area (Å²) < 4.78 is 5.88. The molecule has 0 amide bonds. The summed E-state index contributed by atoms with van der Waals surface area (Å²) in [5, 5.41) is 0. The Morgan fingerprint density at radius 2 is 1.74 bits per heavy atom. The van der Waals surface area contributed by atoms with Gasteiger partial charge in [-0.1, -0.05) is 77.8 Å². The molecule has 0 bridgehead atoms. The second-order valence-electron chi connectivity index (χ2n) is 7.48. The Morgan fingerprint density at radius 1 is 1.04 bits per heavy atom. The average Bonchev–Trinajstić information content (AvgIpc) is 3.37. The molecule has 2 aliphatic carbocycles. The van der Waals surface area contributed by atoms with Crippen LogP contribution in [0.2, 0.25) is 0 Å². The van der Waals surface area contributed by atoms with Crippen molar-refractivity contribution >= 4 is 0 Å². The Morgan fingerprint density at radius 3 is 2.33 bits per heavy atom. The van der Waals surface area contributed by atoms with Gasteiger partial charge in [0.15, 0.2) is 0 Å². The van der Waals surface area contributed by atoms with Gasteiger partial charge < -0.3 is 4.74 Å². The number of rotatable bonds is 6. The van der Waals surface area contributed by atoms with E-state index in [1.165, 1.54) is 43.2 Å². The highest BCUT2D eigenvalue weighted by Crippen LogP contribution is 2.43. The van der Waals surface area contributed by atoms with Crippen LogP contribution in [0.4, 0.5) is 0 Å². The van der Waals surface area contributed by atoms with Crippen LogP contribution >= 0.6 is 0 Å². The maximum absolute atomic E-state index is 5.88. The summed E-state index contributed by atoms with van der Waals surface area (Å²) in [4.78, 5) is 0. The van der Waals surface area contributed by atoms with E-state index in [-0.39, 0.29) is 0 Å². The highest BCUT2D eigenvalue weighted by Gasteiger charge is 2.28. The van der Waals surface area contributed by atoms with Crippen molar-refractivity contribution < 1.29 is 4.74 Å². The highest BCUT2D eigenvalue weighted by molar-refractivity contribution is 5.39. The van der Waals surface area contributed by atoms with Crippen molar-refractivity contribution in [3.05, 3.63) is 53.1 Å². The van der Waals surface area contributed by atoms with Crippen molar-refractivity contribution in [2.45, 2.75) is 92.4 Å². The lowest BCUT2D eigenvalue weighted by molar-refractivity contribution is 0.307. The molecule has 0 heterocycles. The minimum absolute atomic E-state index is 0.725. The number of aryl methyl sites for hydroxylation is 1. The van der Waals surface area contributed by atoms with Gasteiger partial charge in [0.2, 0.25) is 0 Å². The molecule has 1 aromatic carbocycles. The maximum atomic E-state index is 5.88. The van der Waals surface area contributed by atoms with E-state index in [1.807, 2.05) is 13.8 Å². The molecule has 27 heavy (non-hydrogen) atoms. The van der Waals surface area contributed by atoms with E-state index in [0.29, 0.717) is 0 Å². The predicted octanol–water partition coefficient (Wildman–Crippen LogP) is 8.39. The molecule has 0 spiro atoms. The smallest absolute Gasteiger partial charge is 0.122 e. The fourth-order valence-electron chi connectivity index (χ4n) is 3.78. The summed E-state index contributed by atoms with van der Waals surface area (Å²) in [6.07, 6.45) is 15.7. The van der Waals surface area contributed by atoms with Crippen LogP contribution < -0.4 is 4.74 Å². The second kappa shape index (κ2) is 13.6. The predicted molar refractivity (Wildman–Crippen MR) is 121 cm³/mol. The summed E-state index contributed by atoms with van der Waals surface area (Å²) in [5.41, 5.74) is 4.38. The van der Waals surface area contributed by atoms with Crippen LogP contribution in [-0.4, -0.2) is 6.61 Å².